The minimum absolute atomic E-state index is 0.0462. The van der Waals surface area contributed by atoms with E-state index in [9.17, 15) is 9.59 Å². The summed E-state index contributed by atoms with van der Waals surface area (Å²) >= 11 is 1.10. The predicted octanol–water partition coefficient (Wildman–Crippen LogP) is 1.64. The molecule has 0 bridgehead atoms. The van der Waals surface area contributed by atoms with Crippen LogP contribution in [-0.4, -0.2) is 40.0 Å². The van der Waals surface area contributed by atoms with Gasteiger partial charge in [-0.2, -0.15) is 0 Å². The van der Waals surface area contributed by atoms with E-state index in [-0.39, 0.29) is 17.4 Å². The van der Waals surface area contributed by atoms with Crippen LogP contribution in [0.4, 0.5) is 0 Å². The lowest BCUT2D eigenvalue weighted by Gasteiger charge is -2.03. The normalized spacial score (nSPS) is 10.6. The van der Waals surface area contributed by atoms with Crippen molar-refractivity contribution in [1.82, 2.24) is 10.3 Å². The second kappa shape index (κ2) is 7.00. The Morgan fingerprint density at radius 1 is 1.25 bits per heavy atom. The number of carbonyl (C=O) groups excluding carboxylic acids is 1. The minimum Gasteiger partial charge on any atom is -0.481 e. The minimum atomic E-state index is -0.902. The zero-order valence-corrected chi connectivity index (χ0v) is 11.7. The first-order chi connectivity index (χ1) is 9.65. The number of carbonyl (C=O) groups is 2. The Morgan fingerprint density at radius 3 is 2.80 bits per heavy atom. The Hall–Kier alpha value is -1.95. The molecule has 1 aromatic heterocycles. The van der Waals surface area contributed by atoms with Crippen molar-refractivity contribution in [3.8, 4) is 0 Å². The Kier molecular flexibility index (Phi) is 5.06. The fourth-order valence-electron chi connectivity index (χ4n) is 1.89. The largest absolute Gasteiger partial charge is 0.481 e. The molecule has 0 fully saturated rings. The van der Waals surface area contributed by atoms with E-state index in [4.69, 9.17) is 5.11 Å². The molecule has 1 aromatic carbocycles. The monoisotopic (exact) mass is 292 g/mol. The smallest absolute Gasteiger partial charge is 0.313 e. The van der Waals surface area contributed by atoms with E-state index >= 15 is 0 Å². The average molecular weight is 292 g/mol. The van der Waals surface area contributed by atoms with Gasteiger partial charge < -0.3 is 15.4 Å². The number of amides is 1. The van der Waals surface area contributed by atoms with Crippen LogP contribution in [0.1, 0.15) is 5.69 Å². The van der Waals surface area contributed by atoms with Gasteiger partial charge in [-0.25, -0.2) is 0 Å². The number of aromatic nitrogens is 1. The summed E-state index contributed by atoms with van der Waals surface area (Å²) in [6.45, 7) is 0.541. The van der Waals surface area contributed by atoms with Crippen molar-refractivity contribution in [3.05, 3.63) is 36.0 Å². The maximum absolute atomic E-state index is 11.5. The molecule has 106 valence electrons. The summed E-state index contributed by atoms with van der Waals surface area (Å²) in [7, 11) is 0. The SMILES string of the molecule is O=C(O)CSCC(=O)NCCc1cc2ccccc2[nH]1. The van der Waals surface area contributed by atoms with E-state index < -0.39 is 5.97 Å². The zero-order valence-electron chi connectivity index (χ0n) is 10.9. The number of aromatic amines is 1. The standard InChI is InChI=1S/C14H16N2O3S/c17-13(8-20-9-14(18)19)15-6-5-11-7-10-3-1-2-4-12(10)16-11/h1-4,7,16H,5-6,8-9H2,(H,15,17)(H,18,19). The van der Waals surface area contributed by atoms with Crippen molar-refractivity contribution in [3.63, 3.8) is 0 Å². The van der Waals surface area contributed by atoms with Gasteiger partial charge in [0.2, 0.25) is 5.91 Å². The number of rotatable bonds is 7. The van der Waals surface area contributed by atoms with Crippen LogP contribution >= 0.6 is 11.8 Å². The van der Waals surface area contributed by atoms with Gasteiger partial charge in [0, 0.05) is 24.2 Å². The van der Waals surface area contributed by atoms with Crippen molar-refractivity contribution in [2.45, 2.75) is 6.42 Å². The first-order valence-corrected chi connectivity index (χ1v) is 7.43. The van der Waals surface area contributed by atoms with Crippen molar-refractivity contribution < 1.29 is 14.7 Å². The Bertz CT molecular complexity index is 576. The van der Waals surface area contributed by atoms with Crippen LogP contribution in [0, 0.1) is 0 Å². The third kappa shape index (κ3) is 4.31. The topological polar surface area (TPSA) is 82.2 Å². The highest BCUT2D eigenvalue weighted by Crippen LogP contribution is 2.14. The molecule has 2 rings (SSSR count). The molecule has 5 nitrogen and oxygen atoms in total. The van der Waals surface area contributed by atoms with Crippen molar-refractivity contribution >= 4 is 34.5 Å². The van der Waals surface area contributed by atoms with E-state index in [0.717, 1.165) is 34.8 Å². The summed E-state index contributed by atoms with van der Waals surface area (Å²) in [4.78, 5) is 25.1. The molecule has 0 aliphatic heterocycles. The molecular formula is C14H16N2O3S. The lowest BCUT2D eigenvalue weighted by molar-refractivity contribution is -0.133. The molecule has 0 saturated heterocycles. The van der Waals surface area contributed by atoms with Gasteiger partial charge in [0.05, 0.1) is 11.5 Å². The van der Waals surface area contributed by atoms with Gasteiger partial charge in [0.15, 0.2) is 0 Å². The van der Waals surface area contributed by atoms with Gasteiger partial charge in [-0.15, -0.1) is 11.8 Å². The second-order valence-corrected chi connectivity index (χ2v) is 5.35. The van der Waals surface area contributed by atoms with Gasteiger partial charge in [-0.1, -0.05) is 18.2 Å². The number of para-hydroxylation sites is 1. The number of thioether (sulfide) groups is 1. The fraction of sp³-hybridized carbons (Fsp3) is 0.286. The number of hydrogen-bond donors (Lipinski definition) is 3. The van der Waals surface area contributed by atoms with Crippen LogP contribution in [0.25, 0.3) is 10.9 Å². The highest BCUT2D eigenvalue weighted by molar-refractivity contribution is 8.00. The number of nitrogens with one attached hydrogen (secondary N) is 2. The zero-order chi connectivity index (χ0) is 14.4. The molecule has 6 heteroatoms. The van der Waals surface area contributed by atoms with Gasteiger partial charge in [0.25, 0.3) is 0 Å². The first kappa shape index (κ1) is 14.5. The van der Waals surface area contributed by atoms with Crippen LogP contribution in [0.3, 0.4) is 0 Å². The van der Waals surface area contributed by atoms with Gasteiger partial charge >= 0.3 is 5.97 Å². The Balaban J connectivity index is 1.72. The molecule has 0 saturated carbocycles. The van der Waals surface area contributed by atoms with Crippen LogP contribution in [-0.2, 0) is 16.0 Å². The summed E-state index contributed by atoms with van der Waals surface area (Å²) in [5.41, 5.74) is 2.16. The number of hydrogen-bond acceptors (Lipinski definition) is 3. The molecule has 3 N–H and O–H groups in total. The van der Waals surface area contributed by atoms with Crippen molar-refractivity contribution in [2.24, 2.45) is 0 Å². The fourth-order valence-corrected chi connectivity index (χ4v) is 2.45. The number of fused-ring (bicyclic) bond motifs is 1. The van der Waals surface area contributed by atoms with E-state index in [0.29, 0.717) is 6.54 Å². The highest BCUT2D eigenvalue weighted by Gasteiger charge is 2.04. The predicted molar refractivity (Wildman–Crippen MR) is 80.0 cm³/mol. The summed E-state index contributed by atoms with van der Waals surface area (Å²) in [5.74, 6) is -0.901. The third-order valence-electron chi connectivity index (χ3n) is 2.76. The molecule has 0 unspecified atom stereocenters. The molecule has 0 radical (unpaired) electrons. The van der Waals surface area contributed by atoms with E-state index in [2.05, 4.69) is 16.4 Å². The molecule has 1 heterocycles. The van der Waals surface area contributed by atoms with Crippen LogP contribution in [0.2, 0.25) is 0 Å². The summed E-state index contributed by atoms with van der Waals surface area (Å²) in [5, 5.41) is 12.4. The van der Waals surface area contributed by atoms with Gasteiger partial charge in [0.1, 0.15) is 0 Å². The lowest BCUT2D eigenvalue weighted by Crippen LogP contribution is -2.27. The third-order valence-corrected chi connectivity index (χ3v) is 3.68. The molecule has 0 atom stereocenters. The van der Waals surface area contributed by atoms with E-state index in [1.54, 1.807) is 0 Å². The summed E-state index contributed by atoms with van der Waals surface area (Å²) < 4.78 is 0. The van der Waals surface area contributed by atoms with Crippen LogP contribution in [0.15, 0.2) is 30.3 Å². The molecular weight excluding hydrogens is 276 g/mol. The quantitative estimate of drug-likeness (QED) is 0.724. The molecule has 2 aromatic rings. The van der Waals surface area contributed by atoms with Crippen molar-refractivity contribution in [1.29, 1.82) is 0 Å². The maximum atomic E-state index is 11.5. The number of carboxylic acids is 1. The van der Waals surface area contributed by atoms with E-state index in [1.807, 2.05) is 24.3 Å². The Morgan fingerprint density at radius 2 is 2.05 bits per heavy atom. The van der Waals surface area contributed by atoms with Gasteiger partial charge in [-0.3, -0.25) is 9.59 Å². The lowest BCUT2D eigenvalue weighted by atomic mass is 10.2. The molecule has 0 aliphatic rings. The molecule has 1 amide bonds. The number of carboxylic acid groups (broad SMARTS) is 1. The number of H-pyrrole nitrogens is 1. The van der Waals surface area contributed by atoms with Gasteiger partial charge in [-0.05, 0) is 17.5 Å². The number of benzene rings is 1. The van der Waals surface area contributed by atoms with Crippen LogP contribution < -0.4 is 5.32 Å². The molecule has 0 spiro atoms. The molecule has 20 heavy (non-hydrogen) atoms. The number of aliphatic carboxylic acids is 1. The summed E-state index contributed by atoms with van der Waals surface area (Å²) in [6.07, 6.45) is 0.726. The van der Waals surface area contributed by atoms with Crippen molar-refractivity contribution in [2.75, 3.05) is 18.1 Å². The Labute approximate surface area is 120 Å². The maximum Gasteiger partial charge on any atom is 0.313 e. The second-order valence-electron chi connectivity index (χ2n) is 4.37. The van der Waals surface area contributed by atoms with Crippen LogP contribution in [0.5, 0.6) is 0 Å². The average Bonchev–Trinajstić information content (AvgIpc) is 2.80. The summed E-state index contributed by atoms with van der Waals surface area (Å²) in [6, 6.07) is 10.1. The molecule has 0 aliphatic carbocycles. The van der Waals surface area contributed by atoms with E-state index in [1.165, 1.54) is 0 Å². The first-order valence-electron chi connectivity index (χ1n) is 6.28. The highest BCUT2D eigenvalue weighted by atomic mass is 32.2.